The quantitative estimate of drug-likeness (QED) is 0.300. The van der Waals surface area contributed by atoms with Crippen molar-refractivity contribution in [3.63, 3.8) is 0 Å². The third-order valence-electron chi connectivity index (χ3n) is 5.75. The Bertz CT molecular complexity index is 1310. The second-order valence-electron chi connectivity index (χ2n) is 7.85. The van der Waals surface area contributed by atoms with Gasteiger partial charge in [-0.15, -0.1) is 0 Å². The zero-order valence-electron chi connectivity index (χ0n) is 18.2. The van der Waals surface area contributed by atoms with Crippen molar-refractivity contribution < 1.29 is 9.15 Å². The molecule has 5 rings (SSSR count). The predicted molar refractivity (Wildman–Crippen MR) is 138 cm³/mol. The third-order valence-corrected chi connectivity index (χ3v) is 6.72. The predicted octanol–water partition coefficient (Wildman–Crippen LogP) is 6.60. The molecule has 1 saturated heterocycles. The summed E-state index contributed by atoms with van der Waals surface area (Å²) >= 11 is 9.47. The van der Waals surface area contributed by atoms with Crippen LogP contribution in [0.3, 0.4) is 0 Å². The van der Waals surface area contributed by atoms with Crippen molar-refractivity contribution in [1.82, 2.24) is 10.3 Å². The Labute approximate surface area is 206 Å². The number of pyridine rings is 1. The van der Waals surface area contributed by atoms with E-state index in [4.69, 9.17) is 21.4 Å². The maximum atomic E-state index is 6.46. The van der Waals surface area contributed by atoms with Gasteiger partial charge in [-0.25, -0.2) is 0 Å². The molecular formula is C26H22BrN3O2S. The van der Waals surface area contributed by atoms with Crippen LogP contribution in [-0.2, 0) is 0 Å². The number of benzene rings is 2. The number of aromatic nitrogens is 1. The molecule has 166 valence electrons. The Morgan fingerprint density at radius 3 is 2.64 bits per heavy atom. The van der Waals surface area contributed by atoms with Crippen molar-refractivity contribution in [1.29, 1.82) is 0 Å². The van der Waals surface area contributed by atoms with E-state index in [9.17, 15) is 0 Å². The Balaban J connectivity index is 1.63. The maximum Gasteiger partial charge on any atom is 0.174 e. The zero-order chi connectivity index (χ0) is 22.9. The number of thiocarbonyl (C=S) groups is 1. The molecule has 5 nitrogen and oxygen atoms in total. The number of halogens is 1. The van der Waals surface area contributed by atoms with E-state index >= 15 is 0 Å². The molecule has 1 aliphatic rings. The van der Waals surface area contributed by atoms with E-state index in [0.29, 0.717) is 5.11 Å². The van der Waals surface area contributed by atoms with E-state index in [1.807, 2.05) is 54.6 Å². The second kappa shape index (κ2) is 9.00. The summed E-state index contributed by atoms with van der Waals surface area (Å²) < 4.78 is 13.1. The molecular weight excluding hydrogens is 498 g/mol. The van der Waals surface area contributed by atoms with Gasteiger partial charge in [0.25, 0.3) is 0 Å². The summed E-state index contributed by atoms with van der Waals surface area (Å²) in [6.45, 7) is 2.07. The minimum absolute atomic E-state index is 0.191. The molecule has 1 aliphatic heterocycles. The van der Waals surface area contributed by atoms with Crippen molar-refractivity contribution in [2.75, 3.05) is 12.0 Å². The van der Waals surface area contributed by atoms with Crippen molar-refractivity contribution in [3.05, 3.63) is 100 Å². The normalized spacial score (nSPS) is 17.8. The molecule has 4 aromatic rings. The van der Waals surface area contributed by atoms with Gasteiger partial charge in [0.05, 0.1) is 24.5 Å². The fraction of sp³-hybridized carbons (Fsp3) is 0.154. The molecule has 0 radical (unpaired) electrons. The van der Waals surface area contributed by atoms with E-state index in [1.165, 1.54) is 5.56 Å². The van der Waals surface area contributed by atoms with Crippen LogP contribution in [0.5, 0.6) is 5.75 Å². The summed E-state index contributed by atoms with van der Waals surface area (Å²) in [5.41, 5.74) is 3.94. The fourth-order valence-electron chi connectivity index (χ4n) is 4.21. The number of anilines is 1. The molecule has 33 heavy (non-hydrogen) atoms. The van der Waals surface area contributed by atoms with Crippen molar-refractivity contribution in [3.8, 4) is 17.1 Å². The maximum absolute atomic E-state index is 6.46. The number of para-hydroxylation sites is 2. The van der Waals surface area contributed by atoms with Gasteiger partial charge in [0.2, 0.25) is 0 Å². The lowest BCUT2D eigenvalue weighted by Crippen LogP contribution is -2.29. The molecule has 0 bridgehead atoms. The summed E-state index contributed by atoms with van der Waals surface area (Å²) in [6, 6.07) is 23.5. The highest BCUT2D eigenvalue weighted by molar-refractivity contribution is 9.10. The van der Waals surface area contributed by atoms with Gasteiger partial charge in [-0.3, -0.25) is 4.98 Å². The number of aryl methyl sites for hydroxylation is 1. The van der Waals surface area contributed by atoms with Crippen molar-refractivity contribution in [2.24, 2.45) is 0 Å². The SMILES string of the molecule is COc1ccccc1N1C(=S)NC(c2ccccn2)C1c1ccc(-c2ccc(C)cc2Br)o1. The number of methoxy groups -OCH3 is 1. The molecule has 0 aliphatic carbocycles. The molecule has 1 fully saturated rings. The lowest BCUT2D eigenvalue weighted by Gasteiger charge is -2.27. The molecule has 2 aromatic heterocycles. The Kier molecular flexibility index (Phi) is 5.91. The first-order valence-electron chi connectivity index (χ1n) is 10.6. The van der Waals surface area contributed by atoms with Crippen LogP contribution in [0.25, 0.3) is 11.3 Å². The monoisotopic (exact) mass is 519 g/mol. The first-order chi connectivity index (χ1) is 16.1. The Morgan fingerprint density at radius 2 is 1.88 bits per heavy atom. The molecule has 2 unspecified atom stereocenters. The third kappa shape index (κ3) is 4.03. The standard InChI is InChI=1S/C26H22BrN3O2S/c1-16-10-11-17(18(27)15-16)21-12-13-23(32-21)25-24(19-7-5-6-14-28-19)29-26(33)30(25)20-8-3-4-9-22(20)31-2/h3-15,24-25H,1-2H3,(H,29,33). The van der Waals surface area contributed by atoms with Crippen LogP contribution in [0.15, 0.2) is 87.9 Å². The number of hydrogen-bond acceptors (Lipinski definition) is 4. The highest BCUT2D eigenvalue weighted by atomic mass is 79.9. The summed E-state index contributed by atoms with van der Waals surface area (Å²) in [7, 11) is 1.66. The summed E-state index contributed by atoms with van der Waals surface area (Å²) in [5, 5.41) is 4.05. The molecule has 1 N–H and O–H groups in total. The lowest BCUT2D eigenvalue weighted by atomic mass is 10.0. The van der Waals surface area contributed by atoms with Crippen molar-refractivity contribution in [2.45, 2.75) is 19.0 Å². The number of ether oxygens (including phenoxy) is 1. The zero-order valence-corrected chi connectivity index (χ0v) is 20.6. The van der Waals surface area contributed by atoms with E-state index in [2.05, 4.69) is 56.3 Å². The van der Waals surface area contributed by atoms with Gasteiger partial charge in [-0.2, -0.15) is 0 Å². The van der Waals surface area contributed by atoms with Crippen molar-refractivity contribution >= 4 is 38.9 Å². The highest BCUT2D eigenvalue weighted by Crippen LogP contribution is 2.45. The largest absolute Gasteiger partial charge is 0.495 e. The second-order valence-corrected chi connectivity index (χ2v) is 9.09. The van der Waals surface area contributed by atoms with Crippen LogP contribution in [-0.4, -0.2) is 17.2 Å². The van der Waals surface area contributed by atoms with Crippen LogP contribution in [0.1, 0.15) is 29.1 Å². The van der Waals surface area contributed by atoms with Crippen LogP contribution in [0, 0.1) is 6.92 Å². The molecule has 2 aromatic carbocycles. The van der Waals surface area contributed by atoms with Crippen LogP contribution < -0.4 is 15.0 Å². The molecule has 0 amide bonds. The number of nitrogens with one attached hydrogen (secondary N) is 1. The highest BCUT2D eigenvalue weighted by Gasteiger charge is 2.43. The lowest BCUT2D eigenvalue weighted by molar-refractivity contribution is 0.409. The first kappa shape index (κ1) is 21.7. The number of furan rings is 1. The van der Waals surface area contributed by atoms with Crippen LogP contribution in [0.2, 0.25) is 0 Å². The smallest absolute Gasteiger partial charge is 0.174 e. The minimum Gasteiger partial charge on any atom is -0.495 e. The van der Waals surface area contributed by atoms with E-state index in [1.54, 1.807) is 13.3 Å². The van der Waals surface area contributed by atoms with Gasteiger partial charge in [0.1, 0.15) is 23.3 Å². The van der Waals surface area contributed by atoms with E-state index < -0.39 is 0 Å². The average Bonchev–Trinajstić information content (AvgIpc) is 3.44. The minimum atomic E-state index is -0.248. The van der Waals surface area contributed by atoms with Gasteiger partial charge in [-0.1, -0.05) is 40.2 Å². The topological polar surface area (TPSA) is 50.5 Å². The Hall–Kier alpha value is -3.16. The molecule has 0 saturated carbocycles. The van der Waals surface area contributed by atoms with Gasteiger partial charge in [-0.05, 0) is 73.2 Å². The summed E-state index contributed by atoms with van der Waals surface area (Å²) in [5.74, 6) is 2.31. The van der Waals surface area contributed by atoms with Gasteiger partial charge >= 0.3 is 0 Å². The van der Waals surface area contributed by atoms with Gasteiger partial charge < -0.3 is 19.4 Å². The molecule has 7 heteroatoms. The van der Waals surface area contributed by atoms with Gasteiger partial charge in [0, 0.05) is 16.2 Å². The fourth-order valence-corrected chi connectivity index (χ4v) is 5.24. The first-order valence-corrected chi connectivity index (χ1v) is 11.8. The number of nitrogens with zero attached hydrogens (tertiary/aromatic N) is 2. The number of hydrogen-bond donors (Lipinski definition) is 1. The molecule has 3 heterocycles. The Morgan fingerprint density at radius 1 is 1.06 bits per heavy atom. The summed E-state index contributed by atoms with van der Waals surface area (Å²) in [6.07, 6.45) is 1.79. The van der Waals surface area contributed by atoms with Gasteiger partial charge in [0.15, 0.2) is 5.11 Å². The van der Waals surface area contributed by atoms with Crippen LogP contribution >= 0.6 is 28.1 Å². The molecule has 2 atom stereocenters. The average molecular weight is 520 g/mol. The van der Waals surface area contributed by atoms with E-state index in [-0.39, 0.29) is 12.1 Å². The number of rotatable bonds is 5. The van der Waals surface area contributed by atoms with E-state index in [0.717, 1.165) is 38.7 Å². The van der Waals surface area contributed by atoms with Crippen LogP contribution in [0.4, 0.5) is 5.69 Å². The summed E-state index contributed by atoms with van der Waals surface area (Å²) in [4.78, 5) is 6.66. The molecule has 0 spiro atoms.